The molecule has 0 aromatic heterocycles. The summed E-state index contributed by atoms with van der Waals surface area (Å²) in [6.07, 6.45) is 1.20. The normalized spacial score (nSPS) is 14.4. The SMILES string of the molecule is CC[C@H](C)[C@H](NC(=O)[C@H](CCC(N)=O)NC(=O)[C@H](CCCN=C(N)N)NC(=O)[C@@H](N)CCCN=C(N)N)C(N)=O. The number of primary amides is 2. The lowest BCUT2D eigenvalue weighted by molar-refractivity contribution is -0.134. The summed E-state index contributed by atoms with van der Waals surface area (Å²) in [7, 11) is 0. The molecule has 17 nitrogen and oxygen atoms in total. The molecule has 17 heteroatoms. The molecular weight excluding hydrogens is 524 g/mol. The Bertz CT molecular complexity index is 918. The van der Waals surface area contributed by atoms with Gasteiger partial charge in [-0.05, 0) is 38.0 Å². The number of carbonyl (C=O) groups excluding carboxylic acids is 5. The Hall–Kier alpha value is -4.15. The summed E-state index contributed by atoms with van der Waals surface area (Å²) in [4.78, 5) is 70.0. The number of hydrogen-bond acceptors (Lipinski definition) is 8. The Morgan fingerprint density at radius 1 is 0.700 bits per heavy atom. The van der Waals surface area contributed by atoms with E-state index < -0.39 is 53.7 Å². The molecule has 0 heterocycles. The Kier molecular flexibility index (Phi) is 17.0. The van der Waals surface area contributed by atoms with Gasteiger partial charge in [0.15, 0.2) is 11.9 Å². The third kappa shape index (κ3) is 15.3. The number of nitrogens with zero attached hydrogens (tertiary/aromatic N) is 2. The number of nitrogens with one attached hydrogen (secondary N) is 3. The van der Waals surface area contributed by atoms with Crippen LogP contribution in [0.4, 0.5) is 0 Å². The van der Waals surface area contributed by atoms with Crippen molar-refractivity contribution in [3.63, 3.8) is 0 Å². The smallest absolute Gasteiger partial charge is 0.243 e. The minimum absolute atomic E-state index is 0.0863. The minimum Gasteiger partial charge on any atom is -0.370 e. The summed E-state index contributed by atoms with van der Waals surface area (Å²) in [5.41, 5.74) is 37.9. The highest BCUT2D eigenvalue weighted by atomic mass is 16.2. The summed E-state index contributed by atoms with van der Waals surface area (Å²) in [6.45, 7) is 3.99. The predicted octanol–water partition coefficient (Wildman–Crippen LogP) is -4.33. The molecule has 0 aromatic carbocycles. The second kappa shape index (κ2) is 19.0. The van der Waals surface area contributed by atoms with Crippen molar-refractivity contribution in [2.75, 3.05) is 13.1 Å². The Balaban J connectivity index is 5.69. The highest BCUT2D eigenvalue weighted by Gasteiger charge is 2.31. The molecule has 228 valence electrons. The molecule has 0 fully saturated rings. The van der Waals surface area contributed by atoms with Crippen LogP contribution < -0.4 is 56.1 Å². The van der Waals surface area contributed by atoms with E-state index >= 15 is 0 Å². The number of aliphatic imine (C=N–C) groups is 2. The second-order valence-corrected chi connectivity index (χ2v) is 9.41. The molecular formula is C23H46N12O5. The molecule has 40 heavy (non-hydrogen) atoms. The zero-order valence-electron chi connectivity index (χ0n) is 23.2. The first-order valence-corrected chi connectivity index (χ1v) is 13.0. The van der Waals surface area contributed by atoms with Crippen molar-refractivity contribution in [1.82, 2.24) is 16.0 Å². The lowest BCUT2D eigenvalue weighted by Crippen LogP contribution is -2.58. The average molecular weight is 571 g/mol. The quantitative estimate of drug-likeness (QED) is 0.0381. The van der Waals surface area contributed by atoms with Crippen molar-refractivity contribution in [1.29, 1.82) is 0 Å². The molecule has 0 aromatic rings. The Morgan fingerprint density at radius 2 is 1.18 bits per heavy atom. The van der Waals surface area contributed by atoms with Crippen LogP contribution in [-0.4, -0.2) is 78.7 Å². The number of carbonyl (C=O) groups is 5. The molecule has 17 N–H and O–H groups in total. The van der Waals surface area contributed by atoms with Crippen molar-refractivity contribution in [2.24, 2.45) is 56.0 Å². The fourth-order valence-electron chi connectivity index (χ4n) is 3.51. The van der Waals surface area contributed by atoms with E-state index in [0.717, 1.165) is 0 Å². The van der Waals surface area contributed by atoms with Gasteiger partial charge in [-0.3, -0.25) is 34.0 Å². The van der Waals surface area contributed by atoms with Crippen molar-refractivity contribution in [3.8, 4) is 0 Å². The maximum absolute atomic E-state index is 13.2. The zero-order valence-corrected chi connectivity index (χ0v) is 23.2. The first-order chi connectivity index (χ1) is 18.7. The maximum atomic E-state index is 13.2. The van der Waals surface area contributed by atoms with Crippen LogP contribution in [0.1, 0.15) is 58.8 Å². The van der Waals surface area contributed by atoms with Crippen LogP contribution in [0.15, 0.2) is 9.98 Å². The highest BCUT2D eigenvalue weighted by Crippen LogP contribution is 2.09. The van der Waals surface area contributed by atoms with Crippen molar-refractivity contribution in [2.45, 2.75) is 83.0 Å². The summed E-state index contributed by atoms with van der Waals surface area (Å²) in [6, 6.07) is -4.35. The van der Waals surface area contributed by atoms with Crippen LogP contribution >= 0.6 is 0 Å². The van der Waals surface area contributed by atoms with Crippen LogP contribution in [0.5, 0.6) is 0 Å². The number of nitrogens with two attached hydrogens (primary N) is 7. The minimum atomic E-state index is -1.25. The molecule has 0 aliphatic rings. The van der Waals surface area contributed by atoms with Crippen LogP contribution in [-0.2, 0) is 24.0 Å². The molecule has 0 unspecified atom stereocenters. The van der Waals surface area contributed by atoms with Gasteiger partial charge in [-0.1, -0.05) is 20.3 Å². The first-order valence-electron chi connectivity index (χ1n) is 13.0. The van der Waals surface area contributed by atoms with E-state index in [0.29, 0.717) is 19.3 Å². The van der Waals surface area contributed by atoms with E-state index in [4.69, 9.17) is 40.1 Å². The van der Waals surface area contributed by atoms with Crippen LogP contribution in [0, 0.1) is 5.92 Å². The topological polar surface area (TPSA) is 328 Å². The molecule has 0 aliphatic heterocycles. The van der Waals surface area contributed by atoms with E-state index in [1.165, 1.54) is 0 Å². The van der Waals surface area contributed by atoms with Gasteiger partial charge in [0.25, 0.3) is 0 Å². The Labute approximate surface area is 233 Å². The molecule has 0 saturated carbocycles. The fourth-order valence-corrected chi connectivity index (χ4v) is 3.51. The van der Waals surface area contributed by atoms with Crippen LogP contribution in [0.25, 0.3) is 0 Å². The van der Waals surface area contributed by atoms with Crippen molar-refractivity contribution in [3.05, 3.63) is 0 Å². The average Bonchev–Trinajstić information content (AvgIpc) is 2.87. The second-order valence-electron chi connectivity index (χ2n) is 9.41. The Morgan fingerprint density at radius 3 is 1.65 bits per heavy atom. The molecule has 0 rings (SSSR count). The van der Waals surface area contributed by atoms with Gasteiger partial charge in [-0.25, -0.2) is 0 Å². The molecule has 5 atom stereocenters. The number of rotatable bonds is 20. The molecule has 5 amide bonds. The van der Waals surface area contributed by atoms with E-state index in [9.17, 15) is 24.0 Å². The van der Waals surface area contributed by atoms with Gasteiger partial charge >= 0.3 is 0 Å². The first kappa shape index (κ1) is 35.9. The summed E-state index contributed by atoms with van der Waals surface area (Å²) in [5.74, 6) is -4.04. The summed E-state index contributed by atoms with van der Waals surface area (Å²) < 4.78 is 0. The number of amides is 5. The van der Waals surface area contributed by atoms with Gasteiger partial charge in [0.2, 0.25) is 29.5 Å². The van der Waals surface area contributed by atoms with E-state index in [1.54, 1.807) is 6.92 Å². The monoisotopic (exact) mass is 570 g/mol. The summed E-state index contributed by atoms with van der Waals surface area (Å²) >= 11 is 0. The molecule has 0 saturated heterocycles. The molecule has 0 spiro atoms. The van der Waals surface area contributed by atoms with Gasteiger partial charge in [0.1, 0.15) is 18.1 Å². The van der Waals surface area contributed by atoms with Gasteiger partial charge in [0.05, 0.1) is 6.04 Å². The lowest BCUT2D eigenvalue weighted by atomic mass is 9.97. The maximum Gasteiger partial charge on any atom is 0.243 e. The van der Waals surface area contributed by atoms with Crippen LogP contribution in [0.2, 0.25) is 0 Å². The number of guanidine groups is 2. The van der Waals surface area contributed by atoms with Crippen molar-refractivity contribution < 1.29 is 24.0 Å². The van der Waals surface area contributed by atoms with E-state index in [2.05, 4.69) is 25.9 Å². The fraction of sp³-hybridized carbons (Fsp3) is 0.696. The van der Waals surface area contributed by atoms with E-state index in [1.807, 2.05) is 6.92 Å². The molecule has 0 aliphatic carbocycles. The third-order valence-electron chi connectivity index (χ3n) is 6.01. The molecule has 0 radical (unpaired) electrons. The third-order valence-corrected chi connectivity index (χ3v) is 6.01. The zero-order chi connectivity index (χ0) is 30.8. The van der Waals surface area contributed by atoms with Gasteiger partial charge in [0, 0.05) is 19.5 Å². The standard InChI is InChI=1S/C23H46N12O5/c1-3-12(2)17(18(26)37)35-21(40)15(8-9-16(25)36)34-20(39)14(7-5-11-32-23(29)30)33-19(38)13(24)6-4-10-31-22(27)28/h12-15,17H,3-11,24H2,1-2H3,(H2,25,36)(H2,26,37)(H,33,38)(H,34,39)(H,35,40)(H4,27,28,31)(H4,29,30,32)/t12-,13-,14-,15-,17-/m0/s1. The van der Waals surface area contributed by atoms with Gasteiger partial charge in [-0.15, -0.1) is 0 Å². The van der Waals surface area contributed by atoms with Gasteiger partial charge < -0.3 is 56.1 Å². The number of hydrogen-bond donors (Lipinski definition) is 10. The van der Waals surface area contributed by atoms with Crippen LogP contribution in [0.3, 0.4) is 0 Å². The lowest BCUT2D eigenvalue weighted by Gasteiger charge is -2.27. The van der Waals surface area contributed by atoms with Crippen molar-refractivity contribution >= 4 is 41.5 Å². The predicted molar refractivity (Wildman–Crippen MR) is 151 cm³/mol. The largest absolute Gasteiger partial charge is 0.370 e. The van der Waals surface area contributed by atoms with Gasteiger partial charge in [-0.2, -0.15) is 0 Å². The molecule has 0 bridgehead atoms. The highest BCUT2D eigenvalue weighted by molar-refractivity contribution is 5.94. The summed E-state index contributed by atoms with van der Waals surface area (Å²) in [5, 5.41) is 7.65. The van der Waals surface area contributed by atoms with E-state index in [-0.39, 0.29) is 56.6 Å².